The molecule has 0 bridgehead atoms. The van der Waals surface area contributed by atoms with Crippen molar-refractivity contribution in [3.8, 4) is 0 Å². The third kappa shape index (κ3) is 3.46. The second kappa shape index (κ2) is 3.02. The topological polar surface area (TPSA) is 60.2 Å². The lowest BCUT2D eigenvalue weighted by molar-refractivity contribution is -0.133. The number of carbonyl (C=O) groups excluding carboxylic acids is 2. The van der Waals surface area contributed by atoms with Gasteiger partial charge in [-0.05, 0) is 19.9 Å². The summed E-state index contributed by atoms with van der Waals surface area (Å²) in [4.78, 5) is 20.5. The van der Waals surface area contributed by atoms with Gasteiger partial charge in [0.25, 0.3) is 5.91 Å². The highest BCUT2D eigenvalue weighted by Gasteiger charge is 2.02. The molecule has 0 saturated heterocycles. The number of allylic oxidation sites excluding steroid dienone is 1. The molecule has 3 nitrogen and oxygen atoms in total. The molecule has 52 valence electrons. The Morgan fingerprint density at radius 3 is 2.00 bits per heavy atom. The van der Waals surface area contributed by atoms with Crippen LogP contribution in [0, 0.1) is 0 Å². The van der Waals surface area contributed by atoms with Crippen LogP contribution in [-0.2, 0) is 9.59 Å². The van der Waals surface area contributed by atoms with E-state index in [4.69, 9.17) is 0 Å². The van der Waals surface area contributed by atoms with Crippen LogP contribution >= 0.6 is 0 Å². The summed E-state index contributed by atoms with van der Waals surface area (Å²) in [6.07, 6.45) is 1.21. The predicted octanol–water partition coefficient (Wildman–Crippen LogP) is 0.253. The summed E-state index contributed by atoms with van der Waals surface area (Å²) in [5.74, 6) is -1.55. The lowest BCUT2D eigenvalue weighted by atomic mass is 10.2. The van der Waals surface area contributed by atoms with Gasteiger partial charge >= 0.3 is 0 Å². The molecule has 0 heterocycles. The molecular formula is C6H11NO2. The summed E-state index contributed by atoms with van der Waals surface area (Å²) < 4.78 is 0. The van der Waals surface area contributed by atoms with E-state index < -0.39 is 11.7 Å². The highest BCUT2D eigenvalue weighted by atomic mass is 16.2. The van der Waals surface area contributed by atoms with Crippen molar-refractivity contribution in [1.82, 2.24) is 0 Å². The number of primary amides is 1. The van der Waals surface area contributed by atoms with E-state index in [0.29, 0.717) is 0 Å². The van der Waals surface area contributed by atoms with Gasteiger partial charge in [-0.15, -0.1) is 0 Å². The highest BCUT2D eigenvalue weighted by molar-refractivity contribution is 6.40. The molecule has 0 fully saturated rings. The van der Waals surface area contributed by atoms with Gasteiger partial charge in [0, 0.05) is 1.43 Å². The molecule has 0 saturated carbocycles. The fraction of sp³-hybridized carbons (Fsp3) is 0.333. The van der Waals surface area contributed by atoms with Gasteiger partial charge in [0.05, 0.1) is 0 Å². The van der Waals surface area contributed by atoms with E-state index in [0.717, 1.165) is 5.57 Å². The number of hydrogen-bond donors (Lipinski definition) is 1. The van der Waals surface area contributed by atoms with Crippen LogP contribution in [0.3, 0.4) is 0 Å². The first-order chi connectivity index (χ1) is 4.04. The molecule has 2 N–H and O–H groups in total. The van der Waals surface area contributed by atoms with Crippen molar-refractivity contribution in [2.75, 3.05) is 0 Å². The molecule has 0 radical (unpaired) electrons. The predicted molar refractivity (Wildman–Crippen MR) is 35.7 cm³/mol. The van der Waals surface area contributed by atoms with Crippen molar-refractivity contribution in [3.63, 3.8) is 0 Å². The summed E-state index contributed by atoms with van der Waals surface area (Å²) in [6.45, 7) is 3.45. The maximum Gasteiger partial charge on any atom is 0.289 e. The molecule has 0 aliphatic heterocycles. The van der Waals surface area contributed by atoms with Gasteiger partial charge in [-0.2, -0.15) is 0 Å². The fourth-order valence-electron chi connectivity index (χ4n) is 0.333. The van der Waals surface area contributed by atoms with Gasteiger partial charge in [0.1, 0.15) is 0 Å². The average molecular weight is 129 g/mol. The SMILES string of the molecule is CC(C)=CC(=O)C(N)=O.[HH]. The van der Waals surface area contributed by atoms with E-state index in [1.54, 1.807) is 13.8 Å². The summed E-state index contributed by atoms with van der Waals surface area (Å²) in [5, 5.41) is 0. The summed E-state index contributed by atoms with van der Waals surface area (Å²) >= 11 is 0. The van der Waals surface area contributed by atoms with Crippen LogP contribution in [0.5, 0.6) is 0 Å². The van der Waals surface area contributed by atoms with Crippen molar-refractivity contribution in [1.29, 1.82) is 0 Å². The maximum atomic E-state index is 10.4. The zero-order chi connectivity index (χ0) is 7.44. The van der Waals surface area contributed by atoms with Crippen molar-refractivity contribution in [2.45, 2.75) is 13.8 Å². The average Bonchev–Trinajstić information content (AvgIpc) is 1.63. The van der Waals surface area contributed by atoms with Gasteiger partial charge in [0.15, 0.2) is 0 Å². The van der Waals surface area contributed by atoms with Gasteiger partial charge in [-0.25, -0.2) is 0 Å². The van der Waals surface area contributed by atoms with E-state index in [1.165, 1.54) is 6.08 Å². The minimum absolute atomic E-state index is 0. The zero-order valence-corrected chi connectivity index (χ0v) is 5.47. The number of hydrogen-bond acceptors (Lipinski definition) is 2. The highest BCUT2D eigenvalue weighted by Crippen LogP contribution is 1.87. The maximum absolute atomic E-state index is 10.4. The Bertz CT molecular complexity index is 171. The largest absolute Gasteiger partial charge is 0.363 e. The van der Waals surface area contributed by atoms with Crippen LogP contribution in [0.1, 0.15) is 15.3 Å². The summed E-state index contributed by atoms with van der Waals surface area (Å²) in [5.41, 5.74) is 5.43. The Hall–Kier alpha value is -1.12. The first-order valence-electron chi connectivity index (χ1n) is 2.52. The molecular weight excluding hydrogens is 118 g/mol. The second-order valence-corrected chi connectivity index (χ2v) is 1.95. The van der Waals surface area contributed by atoms with Gasteiger partial charge in [-0.3, -0.25) is 9.59 Å². The van der Waals surface area contributed by atoms with Crippen LogP contribution in [0.15, 0.2) is 11.6 Å². The molecule has 0 aliphatic rings. The minimum Gasteiger partial charge on any atom is -0.363 e. The Balaban J connectivity index is 0. The number of carbonyl (C=O) groups is 2. The van der Waals surface area contributed by atoms with Crippen molar-refractivity contribution in [2.24, 2.45) is 5.73 Å². The Labute approximate surface area is 55.0 Å². The zero-order valence-electron chi connectivity index (χ0n) is 5.47. The van der Waals surface area contributed by atoms with Crippen LogP contribution in [0.25, 0.3) is 0 Å². The van der Waals surface area contributed by atoms with Crippen LogP contribution in [0.4, 0.5) is 0 Å². The smallest absolute Gasteiger partial charge is 0.289 e. The molecule has 3 heteroatoms. The summed E-state index contributed by atoms with van der Waals surface area (Å²) in [7, 11) is 0. The molecule has 0 atom stereocenters. The minimum atomic E-state index is -0.906. The number of ketones is 1. The molecule has 1 amide bonds. The third-order valence-electron chi connectivity index (χ3n) is 0.663. The molecule has 0 aliphatic carbocycles. The third-order valence-corrected chi connectivity index (χ3v) is 0.663. The lowest BCUT2D eigenvalue weighted by Gasteiger charge is -1.85. The quantitative estimate of drug-likeness (QED) is 0.429. The van der Waals surface area contributed by atoms with Crippen LogP contribution < -0.4 is 5.73 Å². The monoisotopic (exact) mass is 129 g/mol. The van der Waals surface area contributed by atoms with Crippen LogP contribution in [-0.4, -0.2) is 11.7 Å². The number of nitrogens with two attached hydrogens (primary N) is 1. The molecule has 0 unspecified atom stereocenters. The van der Waals surface area contributed by atoms with Crippen molar-refractivity contribution >= 4 is 11.7 Å². The normalized spacial score (nSPS) is 8.22. The fourth-order valence-corrected chi connectivity index (χ4v) is 0.333. The van der Waals surface area contributed by atoms with Gasteiger partial charge in [0.2, 0.25) is 5.78 Å². The molecule has 0 aromatic carbocycles. The van der Waals surface area contributed by atoms with Gasteiger partial charge < -0.3 is 5.73 Å². The van der Waals surface area contributed by atoms with E-state index >= 15 is 0 Å². The van der Waals surface area contributed by atoms with Gasteiger partial charge in [-0.1, -0.05) is 5.57 Å². The van der Waals surface area contributed by atoms with E-state index in [9.17, 15) is 9.59 Å². The summed E-state index contributed by atoms with van der Waals surface area (Å²) in [6, 6.07) is 0. The first kappa shape index (κ1) is 7.88. The second-order valence-electron chi connectivity index (χ2n) is 1.95. The van der Waals surface area contributed by atoms with E-state index in [-0.39, 0.29) is 1.43 Å². The molecule has 0 rings (SSSR count). The molecule has 0 aromatic rings. The molecule has 9 heavy (non-hydrogen) atoms. The number of rotatable bonds is 2. The van der Waals surface area contributed by atoms with E-state index in [2.05, 4.69) is 5.73 Å². The molecule has 0 spiro atoms. The Kier molecular flexibility index (Phi) is 2.64. The standard InChI is InChI=1S/C6H9NO2.H2/c1-4(2)3-5(8)6(7)9;/h3H,1-2H3,(H2,7,9);1H. The Morgan fingerprint density at radius 2 is 1.89 bits per heavy atom. The Morgan fingerprint density at radius 1 is 1.44 bits per heavy atom. The van der Waals surface area contributed by atoms with Crippen LogP contribution in [0.2, 0.25) is 0 Å². The van der Waals surface area contributed by atoms with Crippen molar-refractivity contribution in [3.05, 3.63) is 11.6 Å². The number of amides is 1. The van der Waals surface area contributed by atoms with E-state index in [1.807, 2.05) is 0 Å². The van der Waals surface area contributed by atoms with Crippen molar-refractivity contribution < 1.29 is 11.0 Å². The first-order valence-corrected chi connectivity index (χ1v) is 2.52. The molecule has 0 aromatic heterocycles. The lowest BCUT2D eigenvalue weighted by Crippen LogP contribution is -2.20.